The predicted molar refractivity (Wildman–Crippen MR) is 89.6 cm³/mol. The molecular formula is C17H14BrP. The van der Waals surface area contributed by atoms with Crippen LogP contribution in [0.3, 0.4) is 0 Å². The molecule has 0 amide bonds. The summed E-state index contributed by atoms with van der Waals surface area (Å²) in [7, 11) is 0.778. The zero-order chi connectivity index (χ0) is 13.1. The van der Waals surface area contributed by atoms with E-state index in [2.05, 4.69) is 88.8 Å². The fraction of sp³-hybridized carbons (Fsp3) is 0.0588. The summed E-state index contributed by atoms with van der Waals surface area (Å²) >= 11 is 3.78. The molecular weight excluding hydrogens is 315 g/mol. The van der Waals surface area contributed by atoms with Gasteiger partial charge >= 0.3 is 0 Å². The Hall–Kier alpha value is -1.17. The number of hydrogen-bond donors (Lipinski definition) is 0. The third kappa shape index (κ3) is 2.88. The maximum absolute atomic E-state index is 3.78. The molecule has 0 radical (unpaired) electrons. The Balaban J connectivity index is 1.95. The van der Waals surface area contributed by atoms with Crippen LogP contribution >= 0.6 is 24.5 Å². The number of rotatable bonds is 3. The van der Waals surface area contributed by atoms with Gasteiger partial charge in [0, 0.05) is 10.1 Å². The van der Waals surface area contributed by atoms with Crippen LogP contribution in [0.1, 0.15) is 0 Å². The lowest BCUT2D eigenvalue weighted by molar-refractivity contribution is 1.46. The molecule has 0 fully saturated rings. The van der Waals surface area contributed by atoms with Crippen molar-refractivity contribution in [1.82, 2.24) is 0 Å². The zero-order valence-electron chi connectivity index (χ0n) is 10.4. The van der Waals surface area contributed by atoms with Gasteiger partial charge in [-0.25, -0.2) is 0 Å². The minimum absolute atomic E-state index is 0.558. The van der Waals surface area contributed by atoms with Crippen molar-refractivity contribution in [1.29, 1.82) is 0 Å². The Morgan fingerprint density at radius 2 is 1.58 bits per heavy atom. The highest BCUT2D eigenvalue weighted by molar-refractivity contribution is 9.10. The molecule has 19 heavy (non-hydrogen) atoms. The van der Waals surface area contributed by atoms with Crippen LogP contribution in [-0.2, 0) is 0 Å². The third-order valence-corrected chi connectivity index (χ3v) is 5.82. The van der Waals surface area contributed by atoms with Gasteiger partial charge in [0.25, 0.3) is 0 Å². The summed E-state index contributed by atoms with van der Waals surface area (Å²) < 4.78 is 1.23. The Kier molecular flexibility index (Phi) is 3.96. The van der Waals surface area contributed by atoms with E-state index >= 15 is 0 Å². The summed E-state index contributed by atoms with van der Waals surface area (Å²) in [5.74, 6) is 0. The van der Waals surface area contributed by atoms with Crippen molar-refractivity contribution in [2.45, 2.75) is 5.66 Å². The monoisotopic (exact) mass is 328 g/mol. The smallest absolute Gasteiger partial charge is 0.0328 e. The first-order valence-corrected chi connectivity index (χ1v) is 8.17. The van der Waals surface area contributed by atoms with Gasteiger partial charge < -0.3 is 0 Å². The molecule has 0 saturated carbocycles. The van der Waals surface area contributed by atoms with E-state index in [1.165, 1.54) is 20.9 Å². The van der Waals surface area contributed by atoms with Crippen molar-refractivity contribution < 1.29 is 0 Å². The fourth-order valence-corrected chi connectivity index (χ4v) is 4.26. The average molecular weight is 329 g/mol. The van der Waals surface area contributed by atoms with Crippen LogP contribution in [0.5, 0.6) is 0 Å². The second kappa shape index (κ2) is 5.86. The van der Waals surface area contributed by atoms with Crippen molar-refractivity contribution in [3.63, 3.8) is 0 Å². The van der Waals surface area contributed by atoms with Gasteiger partial charge in [-0.05, 0) is 32.4 Å². The highest BCUT2D eigenvalue weighted by Crippen LogP contribution is 2.33. The first kappa shape index (κ1) is 12.8. The Morgan fingerprint density at radius 1 is 0.842 bits per heavy atom. The van der Waals surface area contributed by atoms with Gasteiger partial charge in [-0.15, -0.1) is 0 Å². The molecule has 0 heterocycles. The van der Waals surface area contributed by atoms with Crippen molar-refractivity contribution in [2.24, 2.45) is 0 Å². The van der Waals surface area contributed by atoms with Gasteiger partial charge in [-0.3, -0.25) is 0 Å². The molecule has 1 aliphatic rings. The molecule has 3 rings (SSSR count). The van der Waals surface area contributed by atoms with E-state index in [1.807, 2.05) is 0 Å². The number of halogens is 1. The number of hydrogen-bond acceptors (Lipinski definition) is 0. The molecule has 0 nitrogen and oxygen atoms in total. The quantitative estimate of drug-likeness (QED) is 0.702. The topological polar surface area (TPSA) is 0 Å². The lowest BCUT2D eigenvalue weighted by atomic mass is 10.1. The number of benzene rings is 2. The minimum atomic E-state index is 0.558. The minimum Gasteiger partial charge on any atom is -0.0781 e. The zero-order valence-corrected chi connectivity index (χ0v) is 13.0. The average Bonchev–Trinajstić information content (AvgIpc) is 2.95. The van der Waals surface area contributed by atoms with Crippen LogP contribution in [0.15, 0.2) is 77.3 Å². The Bertz CT molecular complexity index is 617. The molecule has 0 aliphatic heterocycles. The van der Waals surface area contributed by atoms with Crippen LogP contribution in [0, 0.1) is 0 Å². The number of allylic oxidation sites excluding steroid dienone is 4. The highest BCUT2D eigenvalue weighted by Gasteiger charge is 2.11. The Morgan fingerprint density at radius 3 is 2.32 bits per heavy atom. The van der Waals surface area contributed by atoms with Crippen molar-refractivity contribution >= 4 is 29.8 Å². The molecule has 0 aromatic heterocycles. The van der Waals surface area contributed by atoms with Crippen LogP contribution in [0.25, 0.3) is 11.1 Å². The van der Waals surface area contributed by atoms with Crippen molar-refractivity contribution in [3.05, 3.63) is 77.3 Å². The summed E-state index contributed by atoms with van der Waals surface area (Å²) in [6.07, 6.45) is 8.79. The van der Waals surface area contributed by atoms with E-state index in [4.69, 9.17) is 0 Å². The molecule has 0 spiro atoms. The summed E-state index contributed by atoms with van der Waals surface area (Å²) in [6.45, 7) is 0. The van der Waals surface area contributed by atoms with Crippen LogP contribution < -0.4 is 5.30 Å². The molecule has 2 aromatic carbocycles. The molecule has 1 unspecified atom stereocenters. The molecule has 2 heteroatoms. The van der Waals surface area contributed by atoms with Crippen molar-refractivity contribution in [3.8, 4) is 11.1 Å². The van der Waals surface area contributed by atoms with Crippen molar-refractivity contribution in [2.75, 3.05) is 0 Å². The largest absolute Gasteiger partial charge is 0.0781 e. The lowest BCUT2D eigenvalue weighted by Crippen LogP contribution is -2.03. The SMILES string of the molecule is Brc1c(PC2C=CC=C2)cccc1-c1ccccc1. The van der Waals surface area contributed by atoms with Crippen LogP contribution in [0.4, 0.5) is 0 Å². The molecule has 2 aromatic rings. The summed E-state index contributed by atoms with van der Waals surface area (Å²) in [4.78, 5) is 0. The first-order valence-electron chi connectivity index (χ1n) is 6.30. The second-order valence-corrected chi connectivity index (χ2v) is 6.76. The maximum Gasteiger partial charge on any atom is 0.0328 e. The van der Waals surface area contributed by atoms with Gasteiger partial charge in [0.15, 0.2) is 0 Å². The van der Waals surface area contributed by atoms with Gasteiger partial charge in [0.2, 0.25) is 0 Å². The second-order valence-electron chi connectivity index (χ2n) is 4.47. The molecule has 1 aliphatic carbocycles. The fourth-order valence-electron chi connectivity index (χ4n) is 2.19. The normalized spacial score (nSPS) is 14.8. The van der Waals surface area contributed by atoms with E-state index in [-0.39, 0.29) is 0 Å². The van der Waals surface area contributed by atoms with E-state index < -0.39 is 0 Å². The first-order chi connectivity index (χ1) is 9.34. The highest BCUT2D eigenvalue weighted by atomic mass is 79.9. The maximum atomic E-state index is 3.78. The molecule has 94 valence electrons. The van der Waals surface area contributed by atoms with Gasteiger partial charge in [0.05, 0.1) is 0 Å². The summed E-state index contributed by atoms with van der Waals surface area (Å²) in [5.41, 5.74) is 3.09. The molecule has 0 bridgehead atoms. The van der Waals surface area contributed by atoms with Gasteiger partial charge in [0.1, 0.15) is 0 Å². The third-order valence-electron chi connectivity index (χ3n) is 3.15. The van der Waals surface area contributed by atoms with Gasteiger partial charge in [-0.2, -0.15) is 0 Å². The summed E-state index contributed by atoms with van der Waals surface area (Å²) in [5, 5.41) is 1.39. The van der Waals surface area contributed by atoms with E-state index in [0.29, 0.717) is 5.66 Å². The lowest BCUT2D eigenvalue weighted by Gasteiger charge is -2.12. The van der Waals surface area contributed by atoms with E-state index in [1.54, 1.807) is 0 Å². The molecule has 1 atom stereocenters. The predicted octanol–water partition coefficient (Wildman–Crippen LogP) is 4.91. The van der Waals surface area contributed by atoms with Crippen LogP contribution in [-0.4, -0.2) is 5.66 Å². The van der Waals surface area contributed by atoms with Gasteiger partial charge in [-0.1, -0.05) is 81.4 Å². The standard InChI is InChI=1S/C17H14BrP/c18-17-15(13-7-2-1-3-8-13)11-6-12-16(17)19-14-9-4-5-10-14/h1-12,14,19H. The van der Waals surface area contributed by atoms with E-state index in [9.17, 15) is 0 Å². The molecule has 0 saturated heterocycles. The van der Waals surface area contributed by atoms with E-state index in [0.717, 1.165) is 8.58 Å². The summed E-state index contributed by atoms with van der Waals surface area (Å²) in [6, 6.07) is 17.1. The van der Waals surface area contributed by atoms with Crippen LogP contribution in [0.2, 0.25) is 0 Å². The molecule has 0 N–H and O–H groups in total. The Labute approximate surface area is 124 Å².